The van der Waals surface area contributed by atoms with Crippen LogP contribution < -0.4 is 15.8 Å². The number of amides is 1. The molecule has 0 saturated heterocycles. The van der Waals surface area contributed by atoms with Crippen molar-refractivity contribution in [3.05, 3.63) is 52.6 Å². The summed E-state index contributed by atoms with van der Waals surface area (Å²) in [6.45, 7) is 6.05. The number of benzene rings is 2. The zero-order valence-electron chi connectivity index (χ0n) is 13.5. The first-order valence-corrected chi connectivity index (χ1v) is 7.38. The molecule has 0 aliphatic carbocycles. The molecule has 1 amide bonds. The van der Waals surface area contributed by atoms with Crippen LogP contribution in [0.1, 0.15) is 22.3 Å². The Balaban J connectivity index is 0.00000192. The summed E-state index contributed by atoms with van der Waals surface area (Å²) >= 11 is 0. The number of nitrogens with two attached hydrogens (primary N) is 1. The zero-order valence-corrected chi connectivity index (χ0v) is 14.3. The first-order valence-electron chi connectivity index (χ1n) is 7.38. The van der Waals surface area contributed by atoms with Gasteiger partial charge in [-0.05, 0) is 61.2 Å². The lowest BCUT2D eigenvalue weighted by molar-refractivity contribution is -0.122. The Morgan fingerprint density at radius 1 is 1.13 bits per heavy atom. The normalized spacial score (nSPS) is 15.3. The number of anilines is 2. The van der Waals surface area contributed by atoms with Crippen molar-refractivity contribution in [2.24, 2.45) is 0 Å². The highest BCUT2D eigenvalue weighted by Gasteiger charge is 2.29. The highest BCUT2D eigenvalue weighted by atomic mass is 35.5. The number of fused-ring (bicyclic) bond motifs is 1. The first kappa shape index (κ1) is 17.2. The Bertz CT molecular complexity index is 728. The van der Waals surface area contributed by atoms with E-state index < -0.39 is 6.10 Å². The topological polar surface area (TPSA) is 64.3 Å². The van der Waals surface area contributed by atoms with Crippen LogP contribution in [0.25, 0.3) is 0 Å². The van der Waals surface area contributed by atoms with Gasteiger partial charge in [-0.1, -0.05) is 12.1 Å². The minimum absolute atomic E-state index is 0. The third kappa shape index (κ3) is 3.42. The number of carbonyl (C=O) groups is 1. The molecule has 0 spiro atoms. The average molecular weight is 333 g/mol. The van der Waals surface area contributed by atoms with Crippen LogP contribution in [0.3, 0.4) is 0 Å². The van der Waals surface area contributed by atoms with Gasteiger partial charge >= 0.3 is 0 Å². The lowest BCUT2D eigenvalue weighted by atomic mass is 10.0. The highest BCUT2D eigenvalue weighted by Crippen LogP contribution is 2.32. The van der Waals surface area contributed by atoms with Crippen LogP contribution in [0.4, 0.5) is 11.4 Å². The summed E-state index contributed by atoms with van der Waals surface area (Å²) in [5.74, 6) is 0.674. The van der Waals surface area contributed by atoms with E-state index in [1.807, 2.05) is 32.0 Å². The standard InChI is InChI=1S/C18H20N2O2.ClH/c1-10-4-5-14(19)9-15(10)20-18(21)17-8-13-6-11(2)12(3)7-16(13)22-17;/h4-7,9,17H,8,19H2,1-3H3,(H,20,21);1H. The van der Waals surface area contributed by atoms with Gasteiger partial charge in [-0.15, -0.1) is 12.4 Å². The van der Waals surface area contributed by atoms with Crippen molar-refractivity contribution < 1.29 is 9.53 Å². The van der Waals surface area contributed by atoms with E-state index in [4.69, 9.17) is 10.5 Å². The predicted octanol–water partition coefficient (Wildman–Crippen LogP) is 3.56. The second-order valence-electron chi connectivity index (χ2n) is 5.92. The Kier molecular flexibility index (Phi) is 4.85. The van der Waals surface area contributed by atoms with E-state index in [2.05, 4.69) is 18.3 Å². The summed E-state index contributed by atoms with van der Waals surface area (Å²) in [4.78, 5) is 12.4. The van der Waals surface area contributed by atoms with Crippen LogP contribution in [0.15, 0.2) is 30.3 Å². The number of halogens is 1. The molecule has 0 saturated carbocycles. The maximum atomic E-state index is 12.4. The summed E-state index contributed by atoms with van der Waals surface area (Å²) in [6.07, 6.45) is 0.112. The van der Waals surface area contributed by atoms with Crippen molar-refractivity contribution in [2.45, 2.75) is 33.3 Å². The molecule has 0 aromatic heterocycles. The molecule has 122 valence electrons. The van der Waals surface area contributed by atoms with Gasteiger partial charge in [0.15, 0.2) is 6.10 Å². The van der Waals surface area contributed by atoms with Crippen molar-refractivity contribution in [1.29, 1.82) is 0 Å². The van der Waals surface area contributed by atoms with E-state index in [0.29, 0.717) is 12.1 Å². The summed E-state index contributed by atoms with van der Waals surface area (Å²) < 4.78 is 5.80. The van der Waals surface area contributed by atoms with Crippen molar-refractivity contribution in [1.82, 2.24) is 0 Å². The lowest BCUT2D eigenvalue weighted by Crippen LogP contribution is -2.31. The van der Waals surface area contributed by atoms with Gasteiger partial charge in [-0.3, -0.25) is 4.79 Å². The molecule has 0 bridgehead atoms. The van der Waals surface area contributed by atoms with Gasteiger partial charge in [0.05, 0.1) is 0 Å². The largest absolute Gasteiger partial charge is 0.480 e. The van der Waals surface area contributed by atoms with Crippen molar-refractivity contribution in [3.63, 3.8) is 0 Å². The van der Waals surface area contributed by atoms with E-state index in [9.17, 15) is 4.79 Å². The van der Waals surface area contributed by atoms with E-state index in [1.165, 1.54) is 11.1 Å². The number of hydrogen-bond donors (Lipinski definition) is 2. The minimum Gasteiger partial charge on any atom is -0.480 e. The Morgan fingerprint density at radius 3 is 2.57 bits per heavy atom. The van der Waals surface area contributed by atoms with Gasteiger partial charge in [0.2, 0.25) is 0 Å². The molecule has 3 rings (SSSR count). The number of hydrogen-bond acceptors (Lipinski definition) is 3. The van der Waals surface area contributed by atoms with Crippen LogP contribution in [0.5, 0.6) is 5.75 Å². The monoisotopic (exact) mass is 332 g/mol. The number of ether oxygens (including phenoxy) is 1. The van der Waals surface area contributed by atoms with Gasteiger partial charge in [0, 0.05) is 17.8 Å². The fraction of sp³-hybridized carbons (Fsp3) is 0.278. The number of nitrogens with one attached hydrogen (secondary N) is 1. The molecule has 1 aliphatic heterocycles. The van der Waals surface area contributed by atoms with E-state index in [-0.39, 0.29) is 18.3 Å². The van der Waals surface area contributed by atoms with Gasteiger partial charge in [0.25, 0.3) is 5.91 Å². The van der Waals surface area contributed by atoms with Crippen molar-refractivity contribution >= 4 is 29.7 Å². The molecule has 2 aromatic carbocycles. The molecular weight excluding hydrogens is 312 g/mol. The van der Waals surface area contributed by atoms with Crippen LogP contribution in [0, 0.1) is 20.8 Å². The lowest BCUT2D eigenvalue weighted by Gasteiger charge is -2.13. The Morgan fingerprint density at radius 2 is 1.83 bits per heavy atom. The van der Waals surface area contributed by atoms with E-state index >= 15 is 0 Å². The third-order valence-corrected chi connectivity index (χ3v) is 4.16. The molecule has 1 unspecified atom stereocenters. The molecule has 1 atom stereocenters. The molecule has 1 aliphatic rings. The van der Waals surface area contributed by atoms with E-state index in [1.54, 1.807) is 6.07 Å². The summed E-state index contributed by atoms with van der Waals surface area (Å²) in [5.41, 5.74) is 11.6. The van der Waals surface area contributed by atoms with Crippen molar-refractivity contribution in [2.75, 3.05) is 11.1 Å². The summed E-state index contributed by atoms with van der Waals surface area (Å²) in [6, 6.07) is 9.58. The molecule has 4 nitrogen and oxygen atoms in total. The SMILES string of the molecule is Cc1cc2c(cc1C)OC(C(=O)Nc1cc(N)ccc1C)C2.Cl. The van der Waals surface area contributed by atoms with Crippen LogP contribution in [-0.4, -0.2) is 12.0 Å². The maximum absolute atomic E-state index is 12.4. The molecule has 1 heterocycles. The summed E-state index contributed by atoms with van der Waals surface area (Å²) in [5, 5.41) is 2.91. The van der Waals surface area contributed by atoms with Crippen LogP contribution in [0.2, 0.25) is 0 Å². The molecule has 0 fully saturated rings. The molecule has 23 heavy (non-hydrogen) atoms. The maximum Gasteiger partial charge on any atom is 0.265 e. The second kappa shape index (κ2) is 6.50. The first-order chi connectivity index (χ1) is 10.4. The molecule has 3 N–H and O–H groups in total. The molecule has 5 heteroatoms. The van der Waals surface area contributed by atoms with Crippen LogP contribution in [-0.2, 0) is 11.2 Å². The highest BCUT2D eigenvalue weighted by molar-refractivity contribution is 5.96. The summed E-state index contributed by atoms with van der Waals surface area (Å²) in [7, 11) is 0. The Hall–Kier alpha value is -2.20. The number of aryl methyl sites for hydroxylation is 3. The van der Waals surface area contributed by atoms with Crippen LogP contribution >= 0.6 is 12.4 Å². The Labute approximate surface area is 142 Å². The number of nitrogen functional groups attached to an aromatic ring is 1. The van der Waals surface area contributed by atoms with Crippen molar-refractivity contribution in [3.8, 4) is 5.75 Å². The van der Waals surface area contributed by atoms with Gasteiger partial charge in [-0.2, -0.15) is 0 Å². The molecule has 0 radical (unpaired) electrons. The fourth-order valence-electron chi connectivity index (χ4n) is 2.65. The third-order valence-electron chi connectivity index (χ3n) is 4.16. The van der Waals surface area contributed by atoms with E-state index in [0.717, 1.165) is 22.6 Å². The second-order valence-corrected chi connectivity index (χ2v) is 5.92. The number of rotatable bonds is 2. The quantitative estimate of drug-likeness (QED) is 0.826. The number of carbonyl (C=O) groups excluding carboxylic acids is 1. The zero-order chi connectivity index (χ0) is 15.9. The fourth-order valence-corrected chi connectivity index (χ4v) is 2.65. The predicted molar refractivity (Wildman–Crippen MR) is 95.5 cm³/mol. The minimum atomic E-state index is -0.489. The smallest absolute Gasteiger partial charge is 0.265 e. The van der Waals surface area contributed by atoms with Gasteiger partial charge in [-0.25, -0.2) is 0 Å². The molecular formula is C18H21ClN2O2. The average Bonchev–Trinajstić information content (AvgIpc) is 2.86. The van der Waals surface area contributed by atoms with Gasteiger partial charge < -0.3 is 15.8 Å². The van der Waals surface area contributed by atoms with Gasteiger partial charge in [0.1, 0.15) is 5.75 Å². The molecule has 2 aromatic rings.